The second-order valence-electron chi connectivity index (χ2n) is 2.08. The van der Waals surface area contributed by atoms with E-state index in [2.05, 4.69) is 4.18 Å². The average Bonchev–Trinajstić information content (AvgIpc) is 1.96. The van der Waals surface area contributed by atoms with Gasteiger partial charge in [0.25, 0.3) is 0 Å². The van der Waals surface area contributed by atoms with Gasteiger partial charge in [-0.25, -0.2) is 4.21 Å². The molecule has 1 unspecified atom stereocenters. The minimum absolute atomic E-state index is 0.148. The molecular weight excluding hydrogens is 180 g/mol. The second-order valence-corrected chi connectivity index (χ2v) is 2.65. The highest BCUT2D eigenvalue weighted by molar-refractivity contribution is 7.74. The monoisotopic (exact) mass is 187 g/mol. The maximum atomic E-state index is 10.1. The molecular formula is C6H7N2O3S-. The molecule has 0 bridgehead atoms. The molecule has 66 valence electrons. The van der Waals surface area contributed by atoms with Crippen LogP contribution in [0, 0.1) is 0 Å². The van der Waals surface area contributed by atoms with E-state index in [-0.39, 0.29) is 11.4 Å². The Kier molecular flexibility index (Phi) is 2.51. The van der Waals surface area contributed by atoms with Crippen LogP contribution in [0.25, 0.3) is 0 Å². The molecule has 0 aliphatic rings. The van der Waals surface area contributed by atoms with Crippen LogP contribution in [0.4, 0.5) is 11.4 Å². The van der Waals surface area contributed by atoms with Crippen LogP contribution in [0.15, 0.2) is 18.2 Å². The van der Waals surface area contributed by atoms with Crippen LogP contribution in [-0.2, 0) is 11.4 Å². The van der Waals surface area contributed by atoms with Gasteiger partial charge in [0.1, 0.15) is 17.1 Å². The van der Waals surface area contributed by atoms with E-state index in [0.29, 0.717) is 5.69 Å². The molecule has 0 saturated carbocycles. The molecule has 5 nitrogen and oxygen atoms in total. The van der Waals surface area contributed by atoms with Crippen molar-refractivity contribution in [3.05, 3.63) is 18.2 Å². The van der Waals surface area contributed by atoms with Crippen molar-refractivity contribution in [2.75, 3.05) is 11.5 Å². The predicted molar refractivity (Wildman–Crippen MR) is 44.8 cm³/mol. The minimum Gasteiger partial charge on any atom is -0.740 e. The summed E-state index contributed by atoms with van der Waals surface area (Å²) in [4.78, 5) is 0. The maximum Gasteiger partial charge on any atom is 0.141 e. The SMILES string of the molecule is Nc1ccc(OS(=O)[O-])cc1N. The Balaban J connectivity index is 2.89. The third kappa shape index (κ3) is 2.11. The Labute approximate surface area is 71.8 Å². The number of nitrogens with two attached hydrogens (primary N) is 2. The summed E-state index contributed by atoms with van der Waals surface area (Å²) >= 11 is -2.58. The van der Waals surface area contributed by atoms with Gasteiger partial charge in [-0.1, -0.05) is 0 Å². The first kappa shape index (κ1) is 8.82. The number of benzene rings is 1. The van der Waals surface area contributed by atoms with Gasteiger partial charge in [0.15, 0.2) is 0 Å². The smallest absolute Gasteiger partial charge is 0.141 e. The topological polar surface area (TPSA) is 101 Å². The molecule has 12 heavy (non-hydrogen) atoms. The molecule has 0 spiro atoms. The van der Waals surface area contributed by atoms with Crippen LogP contribution >= 0.6 is 0 Å². The van der Waals surface area contributed by atoms with Crippen molar-refractivity contribution in [1.29, 1.82) is 0 Å². The van der Waals surface area contributed by atoms with Crippen LogP contribution in [-0.4, -0.2) is 8.76 Å². The first-order valence-electron chi connectivity index (χ1n) is 3.02. The zero-order chi connectivity index (χ0) is 9.14. The zero-order valence-electron chi connectivity index (χ0n) is 6.02. The summed E-state index contributed by atoms with van der Waals surface area (Å²) in [6, 6.07) is 4.23. The summed E-state index contributed by atoms with van der Waals surface area (Å²) in [5.41, 5.74) is 11.5. The Bertz CT molecular complexity index is 316. The standard InChI is InChI=1S/C6H8N2O3S/c7-5-2-1-4(3-6(5)8)11-12(9)10/h1-3H,7-8H2,(H,9,10)/p-1. The molecule has 0 aliphatic carbocycles. The average molecular weight is 187 g/mol. The first-order valence-corrected chi connectivity index (χ1v) is 4.02. The van der Waals surface area contributed by atoms with E-state index in [1.807, 2.05) is 0 Å². The summed E-state index contributed by atoms with van der Waals surface area (Å²) in [5.74, 6) is 0.148. The lowest BCUT2D eigenvalue weighted by molar-refractivity contribution is 0.440. The van der Waals surface area contributed by atoms with Gasteiger partial charge >= 0.3 is 0 Å². The Morgan fingerprint density at radius 2 is 2.00 bits per heavy atom. The molecule has 6 heteroatoms. The third-order valence-electron chi connectivity index (χ3n) is 1.22. The first-order chi connectivity index (χ1) is 5.59. The molecule has 0 aromatic heterocycles. The molecule has 0 fully saturated rings. The van der Waals surface area contributed by atoms with Crippen LogP contribution in [0.3, 0.4) is 0 Å². The van der Waals surface area contributed by atoms with E-state index in [4.69, 9.17) is 11.5 Å². The van der Waals surface area contributed by atoms with Crippen molar-refractivity contribution >= 4 is 22.7 Å². The lowest BCUT2D eigenvalue weighted by Gasteiger charge is -2.08. The molecule has 4 N–H and O–H groups in total. The Morgan fingerprint density at radius 3 is 2.50 bits per heavy atom. The van der Waals surface area contributed by atoms with Gasteiger partial charge in [-0.3, -0.25) is 0 Å². The Hall–Kier alpha value is -1.27. The molecule has 0 saturated heterocycles. The van der Waals surface area contributed by atoms with Crippen LogP contribution in [0.2, 0.25) is 0 Å². The second kappa shape index (κ2) is 3.42. The van der Waals surface area contributed by atoms with E-state index in [9.17, 15) is 8.76 Å². The van der Waals surface area contributed by atoms with Crippen molar-refractivity contribution in [3.63, 3.8) is 0 Å². The summed E-state index contributed by atoms with van der Waals surface area (Å²) in [5, 5.41) is 0. The van der Waals surface area contributed by atoms with E-state index < -0.39 is 11.4 Å². The largest absolute Gasteiger partial charge is 0.740 e. The fourth-order valence-corrected chi connectivity index (χ4v) is 0.944. The fourth-order valence-electron chi connectivity index (χ4n) is 0.683. The highest BCUT2D eigenvalue weighted by Crippen LogP contribution is 2.21. The molecule has 0 aliphatic heterocycles. The van der Waals surface area contributed by atoms with Crippen molar-refractivity contribution in [2.45, 2.75) is 0 Å². The quantitative estimate of drug-likeness (QED) is 0.502. The number of nitrogen functional groups attached to an aromatic ring is 2. The lowest BCUT2D eigenvalue weighted by Crippen LogP contribution is -2.00. The highest BCUT2D eigenvalue weighted by Gasteiger charge is 1.97. The van der Waals surface area contributed by atoms with Crippen LogP contribution in [0.5, 0.6) is 5.75 Å². The van der Waals surface area contributed by atoms with Gasteiger partial charge in [-0.05, 0) is 12.1 Å². The highest BCUT2D eigenvalue weighted by atomic mass is 32.2. The molecule has 0 amide bonds. The normalized spacial score (nSPS) is 12.4. The van der Waals surface area contributed by atoms with Crippen molar-refractivity contribution in [2.24, 2.45) is 0 Å². The molecule has 1 aromatic carbocycles. The van der Waals surface area contributed by atoms with Crippen molar-refractivity contribution in [1.82, 2.24) is 0 Å². The lowest BCUT2D eigenvalue weighted by atomic mass is 10.3. The maximum absolute atomic E-state index is 10.1. The fraction of sp³-hybridized carbons (Fsp3) is 0. The minimum atomic E-state index is -2.58. The van der Waals surface area contributed by atoms with Gasteiger partial charge in [-0.15, -0.1) is 0 Å². The zero-order valence-corrected chi connectivity index (χ0v) is 6.84. The molecule has 1 aromatic rings. The van der Waals surface area contributed by atoms with Gasteiger partial charge < -0.3 is 20.2 Å². The number of anilines is 2. The van der Waals surface area contributed by atoms with Gasteiger partial charge in [0.2, 0.25) is 0 Å². The van der Waals surface area contributed by atoms with Crippen LogP contribution in [0.1, 0.15) is 0 Å². The third-order valence-corrected chi connectivity index (χ3v) is 1.55. The molecule has 1 atom stereocenters. The van der Waals surface area contributed by atoms with Gasteiger partial charge in [0, 0.05) is 6.07 Å². The Morgan fingerprint density at radius 1 is 1.33 bits per heavy atom. The number of rotatable bonds is 2. The summed E-state index contributed by atoms with van der Waals surface area (Å²) in [7, 11) is 0. The molecule has 0 radical (unpaired) electrons. The summed E-state index contributed by atoms with van der Waals surface area (Å²) in [6.07, 6.45) is 0. The van der Waals surface area contributed by atoms with Crippen LogP contribution < -0.4 is 15.7 Å². The van der Waals surface area contributed by atoms with Crippen molar-refractivity contribution in [3.8, 4) is 5.75 Å². The van der Waals surface area contributed by atoms with Crippen molar-refractivity contribution < 1.29 is 12.9 Å². The van der Waals surface area contributed by atoms with E-state index in [1.165, 1.54) is 18.2 Å². The summed E-state index contributed by atoms with van der Waals surface area (Å²) < 4.78 is 24.5. The summed E-state index contributed by atoms with van der Waals surface area (Å²) in [6.45, 7) is 0. The van der Waals surface area contributed by atoms with E-state index >= 15 is 0 Å². The van der Waals surface area contributed by atoms with E-state index in [0.717, 1.165) is 0 Å². The van der Waals surface area contributed by atoms with E-state index in [1.54, 1.807) is 0 Å². The molecule has 0 heterocycles. The predicted octanol–water partition coefficient (Wildman–Crippen LogP) is 0.0239. The number of hydrogen-bond donors (Lipinski definition) is 2. The van der Waals surface area contributed by atoms with Gasteiger partial charge in [0.05, 0.1) is 11.4 Å². The number of hydrogen-bond acceptors (Lipinski definition) is 5. The molecule has 1 rings (SSSR count). The van der Waals surface area contributed by atoms with Gasteiger partial charge in [-0.2, -0.15) is 0 Å².